The largest absolute Gasteiger partial charge is 0.464 e. The quantitative estimate of drug-likeness (QED) is 0.307. The van der Waals surface area contributed by atoms with Crippen molar-refractivity contribution in [1.82, 2.24) is 0 Å². The van der Waals surface area contributed by atoms with E-state index in [0.29, 0.717) is 5.92 Å². The van der Waals surface area contributed by atoms with Gasteiger partial charge in [0.25, 0.3) is 0 Å². The zero-order chi connectivity index (χ0) is 21.4. The molecule has 5 rings (SSSR count). The summed E-state index contributed by atoms with van der Waals surface area (Å²) in [7, 11) is 1.73. The maximum Gasteiger partial charge on any atom is 0.210 e. The maximum atomic E-state index is 6.45. The molecule has 2 heteroatoms. The van der Waals surface area contributed by atoms with Gasteiger partial charge in [-0.3, -0.25) is 0 Å². The molecule has 0 radical (unpaired) electrons. The Bertz CT molecular complexity index is 1180. The average molecular weight is 409 g/mol. The summed E-state index contributed by atoms with van der Waals surface area (Å²) in [5.41, 5.74) is 6.44. The van der Waals surface area contributed by atoms with Gasteiger partial charge < -0.3 is 9.47 Å². The molecule has 0 heterocycles. The lowest BCUT2D eigenvalue weighted by Crippen LogP contribution is -2.27. The minimum Gasteiger partial charge on any atom is -0.464 e. The predicted octanol–water partition coefficient (Wildman–Crippen LogP) is 7.52. The van der Waals surface area contributed by atoms with Gasteiger partial charge in [-0.05, 0) is 63.1 Å². The average Bonchev–Trinajstić information content (AvgIpc) is 3.16. The van der Waals surface area contributed by atoms with Gasteiger partial charge in [0.1, 0.15) is 5.75 Å². The molecule has 4 aromatic rings. The van der Waals surface area contributed by atoms with E-state index in [1.54, 1.807) is 7.11 Å². The Kier molecular flexibility index (Phi) is 5.25. The van der Waals surface area contributed by atoms with Crippen molar-refractivity contribution in [3.05, 3.63) is 102 Å². The van der Waals surface area contributed by atoms with Crippen LogP contribution >= 0.6 is 0 Å². The van der Waals surface area contributed by atoms with Crippen LogP contribution in [0.3, 0.4) is 0 Å². The van der Waals surface area contributed by atoms with Crippen LogP contribution in [0.4, 0.5) is 0 Å². The zero-order valence-electron chi connectivity index (χ0n) is 18.3. The van der Waals surface area contributed by atoms with Gasteiger partial charge in [-0.25, -0.2) is 0 Å². The van der Waals surface area contributed by atoms with Crippen molar-refractivity contribution >= 4 is 10.8 Å². The molecule has 2 unspecified atom stereocenters. The molecule has 4 aromatic carbocycles. The smallest absolute Gasteiger partial charge is 0.210 e. The SMILES string of the molecule is CCC(C)c1ccc2cc(OC(OC)C3c4ccccc4-c4ccccc43)ccc2c1. The second-order valence-electron chi connectivity index (χ2n) is 8.45. The molecule has 2 nitrogen and oxygen atoms in total. The predicted molar refractivity (Wildman–Crippen MR) is 128 cm³/mol. The Balaban J connectivity index is 1.48. The third-order valence-electron chi connectivity index (χ3n) is 6.66. The van der Waals surface area contributed by atoms with E-state index in [1.165, 1.54) is 38.6 Å². The molecule has 0 aromatic heterocycles. The molecule has 0 fully saturated rings. The highest BCUT2D eigenvalue weighted by Crippen LogP contribution is 2.47. The van der Waals surface area contributed by atoms with Crippen LogP contribution in [0.5, 0.6) is 5.75 Å². The van der Waals surface area contributed by atoms with E-state index in [1.807, 2.05) is 0 Å². The van der Waals surface area contributed by atoms with Crippen LogP contribution in [-0.2, 0) is 4.74 Å². The normalized spacial score (nSPS) is 14.8. The van der Waals surface area contributed by atoms with Gasteiger partial charge in [0.15, 0.2) is 0 Å². The van der Waals surface area contributed by atoms with Gasteiger partial charge in [-0.2, -0.15) is 0 Å². The topological polar surface area (TPSA) is 18.5 Å². The summed E-state index contributed by atoms with van der Waals surface area (Å²) in [4.78, 5) is 0. The van der Waals surface area contributed by atoms with Gasteiger partial charge in [0.2, 0.25) is 6.29 Å². The molecule has 31 heavy (non-hydrogen) atoms. The number of hydrogen-bond acceptors (Lipinski definition) is 2. The van der Waals surface area contributed by atoms with Crippen LogP contribution in [0.1, 0.15) is 48.8 Å². The van der Waals surface area contributed by atoms with Crippen molar-refractivity contribution in [3.8, 4) is 16.9 Å². The molecule has 2 atom stereocenters. The molecule has 0 spiro atoms. The van der Waals surface area contributed by atoms with E-state index >= 15 is 0 Å². The van der Waals surface area contributed by atoms with Crippen molar-refractivity contribution in [3.63, 3.8) is 0 Å². The number of fused-ring (bicyclic) bond motifs is 4. The first kappa shape index (κ1) is 19.8. The highest BCUT2D eigenvalue weighted by atomic mass is 16.7. The molecule has 156 valence electrons. The second kappa shape index (κ2) is 8.20. The fourth-order valence-electron chi connectivity index (χ4n) is 4.73. The van der Waals surface area contributed by atoms with Crippen molar-refractivity contribution in [1.29, 1.82) is 0 Å². The van der Waals surface area contributed by atoms with Crippen LogP contribution < -0.4 is 4.74 Å². The number of rotatable bonds is 6. The maximum absolute atomic E-state index is 6.45. The van der Waals surface area contributed by atoms with Gasteiger partial charge in [-0.15, -0.1) is 0 Å². The Morgan fingerprint density at radius 2 is 1.39 bits per heavy atom. The fourth-order valence-corrected chi connectivity index (χ4v) is 4.73. The molecular weight excluding hydrogens is 380 g/mol. The minimum atomic E-state index is -0.401. The lowest BCUT2D eigenvalue weighted by molar-refractivity contribution is -0.0628. The standard InChI is InChI=1S/C29H28O2/c1-4-19(2)20-13-14-22-18-23(16-15-21(22)17-20)31-29(30-3)28-26-11-7-5-9-24(26)25-10-6-8-12-27(25)28/h5-19,28-29H,4H2,1-3H3. The molecule has 0 aliphatic heterocycles. The molecule has 0 saturated carbocycles. The van der Waals surface area contributed by atoms with Gasteiger partial charge in [-0.1, -0.05) is 86.6 Å². The lowest BCUT2D eigenvalue weighted by Gasteiger charge is -2.25. The summed E-state index contributed by atoms with van der Waals surface area (Å²) in [6, 6.07) is 30.2. The molecule has 0 bridgehead atoms. The van der Waals surface area contributed by atoms with E-state index in [0.717, 1.165) is 12.2 Å². The Hall–Kier alpha value is -3.10. The van der Waals surface area contributed by atoms with Crippen LogP contribution in [0.25, 0.3) is 21.9 Å². The van der Waals surface area contributed by atoms with Gasteiger partial charge in [0, 0.05) is 7.11 Å². The summed E-state index contributed by atoms with van der Waals surface area (Å²) in [6.07, 6.45) is 0.744. The molecule has 0 N–H and O–H groups in total. The molecule has 0 amide bonds. The van der Waals surface area contributed by atoms with E-state index in [4.69, 9.17) is 9.47 Å². The van der Waals surface area contributed by atoms with E-state index < -0.39 is 6.29 Å². The monoisotopic (exact) mass is 408 g/mol. The highest BCUT2D eigenvalue weighted by molar-refractivity contribution is 5.84. The van der Waals surface area contributed by atoms with Crippen LogP contribution in [-0.4, -0.2) is 13.4 Å². The third-order valence-corrected chi connectivity index (χ3v) is 6.66. The van der Waals surface area contributed by atoms with E-state index in [2.05, 4.69) is 98.8 Å². The first-order valence-corrected chi connectivity index (χ1v) is 11.1. The molecule has 1 aliphatic carbocycles. The van der Waals surface area contributed by atoms with Crippen molar-refractivity contribution in [2.45, 2.75) is 38.4 Å². The molecule has 1 aliphatic rings. The summed E-state index contributed by atoms with van der Waals surface area (Å²) < 4.78 is 12.4. The van der Waals surface area contributed by atoms with Crippen molar-refractivity contribution in [2.24, 2.45) is 0 Å². The summed E-state index contributed by atoms with van der Waals surface area (Å²) in [5.74, 6) is 1.44. The van der Waals surface area contributed by atoms with Crippen LogP contribution in [0, 0.1) is 0 Å². The second-order valence-corrected chi connectivity index (χ2v) is 8.45. The minimum absolute atomic E-state index is 0.0425. The number of ether oxygens (including phenoxy) is 2. The van der Waals surface area contributed by atoms with Crippen molar-refractivity contribution < 1.29 is 9.47 Å². The molecular formula is C29H28O2. The number of methoxy groups -OCH3 is 1. The number of benzene rings is 4. The van der Waals surface area contributed by atoms with E-state index in [9.17, 15) is 0 Å². The first-order valence-electron chi connectivity index (χ1n) is 11.1. The zero-order valence-corrected chi connectivity index (χ0v) is 18.3. The Morgan fingerprint density at radius 3 is 2.03 bits per heavy atom. The Morgan fingerprint density at radius 1 is 0.774 bits per heavy atom. The lowest BCUT2D eigenvalue weighted by atomic mass is 9.95. The summed E-state index contributed by atoms with van der Waals surface area (Å²) in [6.45, 7) is 4.51. The van der Waals surface area contributed by atoms with Crippen LogP contribution in [0.2, 0.25) is 0 Å². The van der Waals surface area contributed by atoms with Gasteiger partial charge in [0.05, 0.1) is 5.92 Å². The Labute approximate surface area is 184 Å². The third kappa shape index (κ3) is 3.51. The summed E-state index contributed by atoms with van der Waals surface area (Å²) >= 11 is 0. The van der Waals surface area contributed by atoms with Gasteiger partial charge >= 0.3 is 0 Å². The van der Waals surface area contributed by atoms with Crippen LogP contribution in [0.15, 0.2) is 84.9 Å². The highest BCUT2D eigenvalue weighted by Gasteiger charge is 2.35. The first-order chi connectivity index (χ1) is 15.2. The number of hydrogen-bond donors (Lipinski definition) is 0. The van der Waals surface area contributed by atoms with E-state index in [-0.39, 0.29) is 5.92 Å². The fraction of sp³-hybridized carbons (Fsp3) is 0.241. The summed E-state index contributed by atoms with van der Waals surface area (Å²) in [5, 5.41) is 2.43. The van der Waals surface area contributed by atoms with Crippen molar-refractivity contribution in [2.75, 3.05) is 7.11 Å². The molecule has 0 saturated heterocycles.